The summed E-state index contributed by atoms with van der Waals surface area (Å²) in [6.07, 6.45) is 0.903. The Morgan fingerprint density at radius 2 is 1.67 bits per heavy atom. The minimum absolute atomic E-state index is 0.0360. The Hall–Kier alpha value is -1.10. The number of rotatable bonds is 6. The molecule has 0 spiro atoms. The van der Waals surface area contributed by atoms with E-state index in [1.165, 1.54) is 0 Å². The molecule has 5 nitrogen and oxygen atoms in total. The zero-order valence-corrected chi connectivity index (χ0v) is 11.9. The van der Waals surface area contributed by atoms with Gasteiger partial charge in [0.2, 0.25) is 5.91 Å². The van der Waals surface area contributed by atoms with E-state index in [9.17, 15) is 9.59 Å². The highest BCUT2D eigenvalue weighted by Gasteiger charge is 2.66. The molecule has 0 bridgehead atoms. The van der Waals surface area contributed by atoms with Gasteiger partial charge in [-0.05, 0) is 32.5 Å². The Balaban J connectivity index is 2.48. The Labute approximate surface area is 109 Å². The molecule has 0 unspecified atom stereocenters. The van der Waals surface area contributed by atoms with Crippen molar-refractivity contribution in [3.8, 4) is 0 Å². The molecule has 1 aliphatic carbocycles. The topological polar surface area (TPSA) is 60.9 Å². The lowest BCUT2D eigenvalue weighted by Crippen LogP contribution is -2.32. The van der Waals surface area contributed by atoms with Crippen LogP contribution in [0.1, 0.15) is 20.3 Å². The van der Waals surface area contributed by atoms with Crippen LogP contribution in [-0.2, 0) is 9.59 Å². The van der Waals surface area contributed by atoms with Crippen molar-refractivity contribution in [2.75, 3.05) is 34.2 Å². The zero-order valence-electron chi connectivity index (χ0n) is 11.9. The molecule has 18 heavy (non-hydrogen) atoms. The minimum Gasteiger partial charge on any atom is -0.481 e. The Kier molecular flexibility index (Phi) is 4.37. The molecular weight excluding hydrogens is 232 g/mol. The van der Waals surface area contributed by atoms with Gasteiger partial charge in [-0.25, -0.2) is 0 Å². The van der Waals surface area contributed by atoms with E-state index in [-0.39, 0.29) is 11.8 Å². The summed E-state index contributed by atoms with van der Waals surface area (Å²) < 4.78 is 0. The van der Waals surface area contributed by atoms with Crippen molar-refractivity contribution in [3.05, 3.63) is 0 Å². The number of hydrogen-bond acceptors (Lipinski definition) is 3. The fourth-order valence-electron chi connectivity index (χ4n) is 2.53. The molecule has 0 aromatic carbocycles. The van der Waals surface area contributed by atoms with E-state index in [4.69, 9.17) is 5.11 Å². The molecule has 0 aromatic rings. The number of nitrogens with zero attached hydrogens (tertiary/aromatic N) is 2. The minimum atomic E-state index is -0.861. The summed E-state index contributed by atoms with van der Waals surface area (Å²) in [4.78, 5) is 26.9. The van der Waals surface area contributed by atoms with E-state index in [2.05, 4.69) is 4.90 Å². The number of aliphatic carboxylic acids is 1. The average molecular weight is 256 g/mol. The standard InChI is InChI=1S/C13H24N2O3/c1-13(2)9(10(13)12(17)18)11(16)15(5)8-6-7-14(3)4/h9-10H,6-8H2,1-5H3,(H,17,18)/t9-,10+/m1/s1. The van der Waals surface area contributed by atoms with Crippen molar-refractivity contribution in [3.63, 3.8) is 0 Å². The molecule has 0 saturated heterocycles. The van der Waals surface area contributed by atoms with Crippen molar-refractivity contribution in [2.24, 2.45) is 17.3 Å². The second kappa shape index (κ2) is 5.26. The van der Waals surface area contributed by atoms with Crippen molar-refractivity contribution in [1.82, 2.24) is 9.80 Å². The molecule has 1 fully saturated rings. The molecule has 2 atom stereocenters. The number of hydrogen-bond donors (Lipinski definition) is 1. The third-order valence-electron chi connectivity index (χ3n) is 3.83. The van der Waals surface area contributed by atoms with Crippen LogP contribution in [0.25, 0.3) is 0 Å². The van der Waals surface area contributed by atoms with Crippen LogP contribution >= 0.6 is 0 Å². The van der Waals surface area contributed by atoms with Gasteiger partial charge in [-0.2, -0.15) is 0 Å². The highest BCUT2D eigenvalue weighted by Crippen LogP contribution is 2.58. The summed E-state index contributed by atoms with van der Waals surface area (Å²) in [5.41, 5.74) is -0.404. The van der Waals surface area contributed by atoms with E-state index in [0.717, 1.165) is 13.0 Å². The smallest absolute Gasteiger partial charge is 0.307 e. The van der Waals surface area contributed by atoms with Gasteiger partial charge < -0.3 is 14.9 Å². The fourth-order valence-corrected chi connectivity index (χ4v) is 2.53. The van der Waals surface area contributed by atoms with Gasteiger partial charge >= 0.3 is 5.97 Å². The highest BCUT2D eigenvalue weighted by molar-refractivity contribution is 5.91. The number of carbonyl (C=O) groups excluding carboxylic acids is 1. The summed E-state index contributed by atoms with van der Waals surface area (Å²) in [5, 5.41) is 9.06. The molecule has 1 amide bonds. The maximum absolute atomic E-state index is 12.2. The number of carbonyl (C=O) groups is 2. The van der Waals surface area contributed by atoms with Gasteiger partial charge in [-0.3, -0.25) is 9.59 Å². The first-order chi connectivity index (χ1) is 8.19. The van der Waals surface area contributed by atoms with E-state index in [1.54, 1.807) is 11.9 Å². The predicted molar refractivity (Wildman–Crippen MR) is 69.2 cm³/mol. The van der Waals surface area contributed by atoms with Gasteiger partial charge in [-0.15, -0.1) is 0 Å². The average Bonchev–Trinajstić information content (AvgIpc) is 2.79. The first kappa shape index (κ1) is 15.0. The van der Waals surface area contributed by atoms with Gasteiger partial charge in [0, 0.05) is 13.6 Å². The normalized spacial score (nSPS) is 25.0. The lowest BCUT2D eigenvalue weighted by molar-refractivity contribution is -0.141. The molecule has 1 rings (SSSR count). The van der Waals surface area contributed by atoms with Crippen molar-refractivity contribution in [1.29, 1.82) is 0 Å². The van der Waals surface area contributed by atoms with Crippen LogP contribution in [0.4, 0.5) is 0 Å². The summed E-state index contributed by atoms with van der Waals surface area (Å²) in [5.74, 6) is -1.79. The van der Waals surface area contributed by atoms with Crippen LogP contribution < -0.4 is 0 Å². The Morgan fingerprint density at radius 3 is 2.06 bits per heavy atom. The molecule has 1 saturated carbocycles. The maximum Gasteiger partial charge on any atom is 0.307 e. The fraction of sp³-hybridized carbons (Fsp3) is 0.846. The molecule has 1 aliphatic rings. The van der Waals surface area contributed by atoms with Crippen molar-refractivity contribution < 1.29 is 14.7 Å². The molecule has 0 aliphatic heterocycles. The van der Waals surface area contributed by atoms with Crippen LogP contribution in [0.15, 0.2) is 0 Å². The van der Waals surface area contributed by atoms with Crippen molar-refractivity contribution in [2.45, 2.75) is 20.3 Å². The van der Waals surface area contributed by atoms with Gasteiger partial charge in [0.15, 0.2) is 0 Å². The zero-order chi connectivity index (χ0) is 14.1. The first-order valence-electron chi connectivity index (χ1n) is 6.32. The van der Waals surface area contributed by atoms with Gasteiger partial charge in [-0.1, -0.05) is 13.8 Å². The van der Waals surface area contributed by atoms with Crippen LogP contribution in [0.5, 0.6) is 0 Å². The third-order valence-corrected chi connectivity index (χ3v) is 3.83. The third kappa shape index (κ3) is 3.02. The van der Waals surface area contributed by atoms with E-state index < -0.39 is 17.3 Å². The number of amides is 1. The summed E-state index contributed by atoms with van der Waals surface area (Å²) in [6, 6.07) is 0. The summed E-state index contributed by atoms with van der Waals surface area (Å²) in [6.45, 7) is 5.30. The second-order valence-electron chi connectivity index (χ2n) is 6.03. The summed E-state index contributed by atoms with van der Waals surface area (Å²) >= 11 is 0. The monoisotopic (exact) mass is 256 g/mol. The predicted octanol–water partition coefficient (Wildman–Crippen LogP) is 0.753. The van der Waals surface area contributed by atoms with Crippen molar-refractivity contribution >= 4 is 11.9 Å². The Bertz CT molecular complexity index is 339. The largest absolute Gasteiger partial charge is 0.481 e. The number of carboxylic acid groups (broad SMARTS) is 1. The lowest BCUT2D eigenvalue weighted by atomic mass is 10.1. The Morgan fingerprint density at radius 1 is 1.11 bits per heavy atom. The van der Waals surface area contributed by atoms with Crippen LogP contribution in [-0.4, -0.2) is 61.0 Å². The SMILES string of the molecule is CN(C)CCCN(C)C(=O)[C@H]1[C@@H](C(=O)O)C1(C)C. The molecule has 104 valence electrons. The second-order valence-corrected chi connectivity index (χ2v) is 6.03. The van der Waals surface area contributed by atoms with E-state index >= 15 is 0 Å². The summed E-state index contributed by atoms with van der Waals surface area (Å²) in [7, 11) is 5.74. The molecule has 5 heteroatoms. The maximum atomic E-state index is 12.2. The van der Waals surface area contributed by atoms with Crippen LogP contribution in [0.3, 0.4) is 0 Å². The van der Waals surface area contributed by atoms with Gasteiger partial charge in [0.05, 0.1) is 11.8 Å². The first-order valence-corrected chi connectivity index (χ1v) is 6.32. The van der Waals surface area contributed by atoms with Gasteiger partial charge in [0.1, 0.15) is 0 Å². The molecule has 1 N–H and O–H groups in total. The molecule has 0 radical (unpaired) electrons. The molecule has 0 heterocycles. The van der Waals surface area contributed by atoms with Gasteiger partial charge in [0.25, 0.3) is 0 Å². The number of carboxylic acids is 1. The lowest BCUT2D eigenvalue weighted by Gasteiger charge is -2.19. The quantitative estimate of drug-likeness (QED) is 0.762. The highest BCUT2D eigenvalue weighted by atomic mass is 16.4. The molecule has 0 aromatic heterocycles. The molecular formula is C13H24N2O3. The van der Waals surface area contributed by atoms with E-state index in [1.807, 2.05) is 27.9 Å². The van der Waals surface area contributed by atoms with Crippen LogP contribution in [0, 0.1) is 17.3 Å². The van der Waals surface area contributed by atoms with Crippen LogP contribution in [0.2, 0.25) is 0 Å². The van der Waals surface area contributed by atoms with E-state index in [0.29, 0.717) is 6.54 Å².